The Morgan fingerprint density at radius 3 is 2.94 bits per heavy atom. The first kappa shape index (κ1) is 12.8. The highest BCUT2D eigenvalue weighted by molar-refractivity contribution is 5.78. The molecule has 0 atom stereocenters. The molecule has 5 nitrogen and oxygen atoms in total. The fraction of sp³-hybridized carbons (Fsp3) is 0.615. The normalized spacial score (nSPS) is 17.7. The summed E-state index contributed by atoms with van der Waals surface area (Å²) < 4.78 is 0. The van der Waals surface area contributed by atoms with Crippen LogP contribution in [0.1, 0.15) is 43.6 Å². The summed E-state index contributed by atoms with van der Waals surface area (Å²) in [5.41, 5.74) is 6.78. The van der Waals surface area contributed by atoms with Gasteiger partial charge in [-0.05, 0) is 25.8 Å². The number of guanidine groups is 1. The number of nitrogens with one attached hydrogen (secondary N) is 1. The SMILES string of the molecule is Cc1nccc(CN=C(N)NC2CCCCC2)n1. The molecule has 1 saturated carbocycles. The summed E-state index contributed by atoms with van der Waals surface area (Å²) in [5, 5.41) is 3.29. The van der Waals surface area contributed by atoms with Gasteiger partial charge in [-0.25, -0.2) is 15.0 Å². The van der Waals surface area contributed by atoms with Gasteiger partial charge >= 0.3 is 0 Å². The lowest BCUT2D eigenvalue weighted by Crippen LogP contribution is -2.41. The molecule has 0 saturated heterocycles. The largest absolute Gasteiger partial charge is 0.370 e. The van der Waals surface area contributed by atoms with Crippen molar-refractivity contribution in [1.29, 1.82) is 0 Å². The Balaban J connectivity index is 1.84. The number of nitrogens with two attached hydrogens (primary N) is 1. The van der Waals surface area contributed by atoms with Crippen LogP contribution in [0.15, 0.2) is 17.3 Å². The number of aryl methyl sites for hydroxylation is 1. The van der Waals surface area contributed by atoms with Crippen LogP contribution >= 0.6 is 0 Å². The number of hydrogen-bond donors (Lipinski definition) is 2. The van der Waals surface area contributed by atoms with Gasteiger partial charge in [0.2, 0.25) is 0 Å². The summed E-state index contributed by atoms with van der Waals surface area (Å²) in [7, 11) is 0. The van der Waals surface area contributed by atoms with E-state index < -0.39 is 0 Å². The Morgan fingerprint density at radius 2 is 2.22 bits per heavy atom. The van der Waals surface area contributed by atoms with E-state index in [0.717, 1.165) is 11.5 Å². The average Bonchev–Trinajstić information content (AvgIpc) is 2.38. The van der Waals surface area contributed by atoms with Crippen molar-refractivity contribution < 1.29 is 0 Å². The number of aromatic nitrogens is 2. The molecular formula is C13H21N5. The molecule has 1 fully saturated rings. The van der Waals surface area contributed by atoms with Gasteiger partial charge in [0, 0.05) is 12.2 Å². The lowest BCUT2D eigenvalue weighted by atomic mass is 9.96. The maximum absolute atomic E-state index is 5.89. The standard InChI is InChI=1S/C13H21N5/c1-10-15-8-7-12(17-10)9-16-13(14)18-11-5-3-2-4-6-11/h7-8,11H,2-6,9H2,1H3,(H3,14,16,18). The van der Waals surface area contributed by atoms with Gasteiger partial charge < -0.3 is 11.1 Å². The summed E-state index contributed by atoms with van der Waals surface area (Å²) in [6, 6.07) is 2.36. The molecule has 18 heavy (non-hydrogen) atoms. The first-order valence-corrected chi connectivity index (χ1v) is 6.59. The first-order chi connectivity index (χ1) is 8.74. The molecule has 3 N–H and O–H groups in total. The molecule has 0 bridgehead atoms. The fourth-order valence-electron chi connectivity index (χ4n) is 2.26. The number of hydrogen-bond acceptors (Lipinski definition) is 3. The van der Waals surface area contributed by atoms with E-state index in [1.807, 2.05) is 13.0 Å². The van der Waals surface area contributed by atoms with Gasteiger partial charge in [0.15, 0.2) is 5.96 Å². The zero-order valence-electron chi connectivity index (χ0n) is 10.9. The minimum atomic E-state index is 0.495. The topological polar surface area (TPSA) is 76.2 Å². The molecule has 0 aromatic carbocycles. The van der Waals surface area contributed by atoms with Crippen LogP contribution in [0.4, 0.5) is 0 Å². The number of nitrogens with zero attached hydrogens (tertiary/aromatic N) is 3. The Labute approximate surface area is 108 Å². The van der Waals surface area contributed by atoms with Gasteiger partial charge in [0.1, 0.15) is 5.82 Å². The molecule has 1 aromatic heterocycles. The van der Waals surface area contributed by atoms with Gasteiger partial charge in [-0.1, -0.05) is 19.3 Å². The van der Waals surface area contributed by atoms with Crippen LogP contribution in [0.2, 0.25) is 0 Å². The molecule has 1 aliphatic rings. The van der Waals surface area contributed by atoms with Crippen molar-refractivity contribution in [2.45, 2.75) is 51.6 Å². The minimum absolute atomic E-state index is 0.495. The second kappa shape index (κ2) is 6.33. The van der Waals surface area contributed by atoms with Crippen LogP contribution < -0.4 is 11.1 Å². The Hall–Kier alpha value is -1.65. The van der Waals surface area contributed by atoms with Gasteiger partial charge in [-0.15, -0.1) is 0 Å². The predicted octanol–water partition coefficient (Wildman–Crippen LogP) is 1.52. The third-order valence-corrected chi connectivity index (χ3v) is 3.20. The average molecular weight is 247 g/mol. The van der Waals surface area contributed by atoms with E-state index in [2.05, 4.69) is 20.3 Å². The van der Waals surface area contributed by atoms with Gasteiger partial charge in [-0.3, -0.25) is 0 Å². The van der Waals surface area contributed by atoms with E-state index in [-0.39, 0.29) is 0 Å². The van der Waals surface area contributed by atoms with E-state index in [1.165, 1.54) is 32.1 Å². The third kappa shape index (κ3) is 3.98. The summed E-state index contributed by atoms with van der Waals surface area (Å²) >= 11 is 0. The van der Waals surface area contributed by atoms with Crippen LogP contribution in [0.3, 0.4) is 0 Å². The first-order valence-electron chi connectivity index (χ1n) is 6.59. The smallest absolute Gasteiger partial charge is 0.189 e. The van der Waals surface area contributed by atoms with E-state index in [1.54, 1.807) is 6.20 Å². The fourth-order valence-corrected chi connectivity index (χ4v) is 2.26. The third-order valence-electron chi connectivity index (χ3n) is 3.20. The molecule has 0 amide bonds. The molecule has 1 aromatic rings. The predicted molar refractivity (Wildman–Crippen MR) is 72.1 cm³/mol. The van der Waals surface area contributed by atoms with Crippen LogP contribution in [-0.2, 0) is 6.54 Å². The van der Waals surface area contributed by atoms with Crippen molar-refractivity contribution in [3.8, 4) is 0 Å². The van der Waals surface area contributed by atoms with Crippen LogP contribution in [0.5, 0.6) is 0 Å². The van der Waals surface area contributed by atoms with Gasteiger partial charge in [0.25, 0.3) is 0 Å². The highest BCUT2D eigenvalue weighted by Crippen LogP contribution is 2.16. The van der Waals surface area contributed by atoms with Crippen molar-refractivity contribution >= 4 is 5.96 Å². The van der Waals surface area contributed by atoms with Crippen LogP contribution in [-0.4, -0.2) is 22.0 Å². The zero-order valence-corrected chi connectivity index (χ0v) is 10.9. The molecule has 1 aliphatic carbocycles. The van der Waals surface area contributed by atoms with Gasteiger partial charge in [0.05, 0.1) is 12.2 Å². The molecule has 5 heteroatoms. The molecule has 2 rings (SSSR count). The number of aliphatic imine (C=N–C) groups is 1. The van der Waals surface area contributed by atoms with Crippen molar-refractivity contribution in [3.05, 3.63) is 23.8 Å². The maximum Gasteiger partial charge on any atom is 0.189 e. The molecular weight excluding hydrogens is 226 g/mol. The zero-order chi connectivity index (χ0) is 12.8. The maximum atomic E-state index is 5.89. The second-order valence-corrected chi connectivity index (χ2v) is 4.78. The molecule has 0 spiro atoms. The van der Waals surface area contributed by atoms with Gasteiger partial charge in [-0.2, -0.15) is 0 Å². The molecule has 1 heterocycles. The lowest BCUT2D eigenvalue weighted by molar-refractivity contribution is 0.412. The van der Waals surface area contributed by atoms with E-state index in [9.17, 15) is 0 Å². The highest BCUT2D eigenvalue weighted by atomic mass is 15.1. The monoisotopic (exact) mass is 247 g/mol. The second-order valence-electron chi connectivity index (χ2n) is 4.78. The minimum Gasteiger partial charge on any atom is -0.370 e. The molecule has 0 unspecified atom stereocenters. The Morgan fingerprint density at radius 1 is 1.44 bits per heavy atom. The summed E-state index contributed by atoms with van der Waals surface area (Å²) in [4.78, 5) is 12.7. The molecule has 0 aliphatic heterocycles. The quantitative estimate of drug-likeness (QED) is 0.627. The summed E-state index contributed by atoms with van der Waals surface area (Å²) in [6.45, 7) is 2.38. The van der Waals surface area contributed by atoms with Crippen LogP contribution in [0, 0.1) is 6.92 Å². The van der Waals surface area contributed by atoms with E-state index >= 15 is 0 Å². The molecule has 98 valence electrons. The van der Waals surface area contributed by atoms with Crippen LogP contribution in [0.25, 0.3) is 0 Å². The number of rotatable bonds is 3. The highest BCUT2D eigenvalue weighted by Gasteiger charge is 2.13. The summed E-state index contributed by atoms with van der Waals surface area (Å²) in [6.07, 6.45) is 8.06. The van der Waals surface area contributed by atoms with Crippen molar-refractivity contribution in [2.75, 3.05) is 0 Å². The van der Waals surface area contributed by atoms with Crippen molar-refractivity contribution in [2.24, 2.45) is 10.7 Å². The van der Waals surface area contributed by atoms with Crippen molar-refractivity contribution in [1.82, 2.24) is 15.3 Å². The Kier molecular flexibility index (Phi) is 4.50. The summed E-state index contributed by atoms with van der Waals surface area (Å²) in [5.74, 6) is 1.29. The molecule has 0 radical (unpaired) electrons. The van der Waals surface area contributed by atoms with Crippen molar-refractivity contribution in [3.63, 3.8) is 0 Å². The van der Waals surface area contributed by atoms with E-state index in [0.29, 0.717) is 18.5 Å². The lowest BCUT2D eigenvalue weighted by Gasteiger charge is -2.23. The Bertz CT molecular complexity index is 410. The van der Waals surface area contributed by atoms with E-state index in [4.69, 9.17) is 5.73 Å².